The summed E-state index contributed by atoms with van der Waals surface area (Å²) in [5.41, 5.74) is 1.67. The van der Waals surface area contributed by atoms with Crippen molar-refractivity contribution >= 4 is 17.5 Å². The van der Waals surface area contributed by atoms with Crippen LogP contribution in [-0.4, -0.2) is 20.5 Å². The Morgan fingerprint density at radius 1 is 1.40 bits per heavy atom. The summed E-state index contributed by atoms with van der Waals surface area (Å²) in [7, 11) is 0. The third kappa shape index (κ3) is 2.84. The molecule has 2 aromatic rings. The first-order chi connectivity index (χ1) is 9.70. The van der Waals surface area contributed by atoms with Gasteiger partial charge in [0.05, 0.1) is 6.20 Å². The number of fused-ring (bicyclic) bond motifs is 1. The fraction of sp³-hybridized carbons (Fsp3) is 0.357. The second-order valence-electron chi connectivity index (χ2n) is 4.92. The maximum Gasteiger partial charge on any atom is 0.249 e. The lowest BCUT2D eigenvalue weighted by atomic mass is 9.97. The van der Waals surface area contributed by atoms with E-state index in [-0.39, 0.29) is 11.9 Å². The van der Waals surface area contributed by atoms with Crippen molar-refractivity contribution in [1.29, 1.82) is 0 Å². The van der Waals surface area contributed by atoms with E-state index in [1.807, 2.05) is 0 Å². The SMILES string of the molecule is O=C(CC1=CCCCC1)Nc1nc2ccc(F)cn2n1. The number of carbonyl (C=O) groups is 1. The van der Waals surface area contributed by atoms with E-state index < -0.39 is 5.82 Å². The minimum absolute atomic E-state index is 0.130. The Labute approximate surface area is 115 Å². The topological polar surface area (TPSA) is 59.3 Å². The van der Waals surface area contributed by atoms with Crippen molar-refractivity contribution in [2.75, 3.05) is 5.32 Å². The Morgan fingerprint density at radius 2 is 2.30 bits per heavy atom. The molecule has 5 nitrogen and oxygen atoms in total. The van der Waals surface area contributed by atoms with Gasteiger partial charge in [0.25, 0.3) is 0 Å². The van der Waals surface area contributed by atoms with Crippen molar-refractivity contribution in [1.82, 2.24) is 14.6 Å². The van der Waals surface area contributed by atoms with Crippen molar-refractivity contribution in [3.8, 4) is 0 Å². The minimum atomic E-state index is -0.396. The van der Waals surface area contributed by atoms with E-state index in [0.717, 1.165) is 19.3 Å². The molecule has 1 aliphatic carbocycles. The number of halogens is 1. The molecule has 0 unspecified atom stereocenters. The van der Waals surface area contributed by atoms with E-state index in [2.05, 4.69) is 21.5 Å². The first kappa shape index (κ1) is 12.8. The Morgan fingerprint density at radius 3 is 3.10 bits per heavy atom. The second kappa shape index (κ2) is 5.40. The number of amides is 1. The molecule has 1 N–H and O–H groups in total. The highest BCUT2D eigenvalue weighted by Crippen LogP contribution is 2.20. The van der Waals surface area contributed by atoms with Gasteiger partial charge in [-0.2, -0.15) is 4.98 Å². The molecule has 2 aromatic heterocycles. The Balaban J connectivity index is 1.69. The summed E-state index contributed by atoms with van der Waals surface area (Å²) < 4.78 is 14.3. The van der Waals surface area contributed by atoms with E-state index in [1.54, 1.807) is 0 Å². The summed E-state index contributed by atoms with van der Waals surface area (Å²) in [6.07, 6.45) is 8.11. The molecule has 1 aliphatic rings. The van der Waals surface area contributed by atoms with Crippen LogP contribution in [-0.2, 0) is 4.79 Å². The van der Waals surface area contributed by atoms with E-state index in [1.165, 1.54) is 34.8 Å². The molecule has 1 amide bonds. The van der Waals surface area contributed by atoms with Crippen molar-refractivity contribution in [2.24, 2.45) is 0 Å². The number of allylic oxidation sites excluding steroid dienone is 1. The van der Waals surface area contributed by atoms with Gasteiger partial charge in [-0.25, -0.2) is 8.91 Å². The summed E-state index contributed by atoms with van der Waals surface area (Å²) >= 11 is 0. The lowest BCUT2D eigenvalue weighted by Gasteiger charge is -2.11. The van der Waals surface area contributed by atoms with Gasteiger partial charge in [0.2, 0.25) is 11.9 Å². The molecule has 20 heavy (non-hydrogen) atoms. The maximum absolute atomic E-state index is 13.0. The Hall–Kier alpha value is -2.24. The predicted molar refractivity (Wildman–Crippen MR) is 72.7 cm³/mol. The zero-order valence-electron chi connectivity index (χ0n) is 11.0. The number of nitrogens with one attached hydrogen (secondary N) is 1. The summed E-state index contributed by atoms with van der Waals surface area (Å²) in [5.74, 6) is -0.320. The van der Waals surface area contributed by atoms with Gasteiger partial charge < -0.3 is 0 Å². The molecule has 0 aromatic carbocycles. The van der Waals surface area contributed by atoms with Crippen molar-refractivity contribution < 1.29 is 9.18 Å². The third-order valence-electron chi connectivity index (χ3n) is 3.32. The van der Waals surface area contributed by atoms with Gasteiger partial charge in [-0.05, 0) is 37.8 Å². The molecular weight excluding hydrogens is 259 g/mol. The number of carbonyl (C=O) groups excluding carboxylic acids is 1. The van der Waals surface area contributed by atoms with Crippen LogP contribution in [0.2, 0.25) is 0 Å². The van der Waals surface area contributed by atoms with Crippen LogP contribution in [0.1, 0.15) is 32.1 Å². The Bertz CT molecular complexity index is 677. The molecule has 0 saturated carbocycles. The van der Waals surface area contributed by atoms with Crippen LogP contribution in [0, 0.1) is 5.82 Å². The number of anilines is 1. The quantitative estimate of drug-likeness (QED) is 0.875. The van der Waals surface area contributed by atoms with E-state index in [4.69, 9.17) is 0 Å². The molecule has 3 rings (SSSR count). The lowest BCUT2D eigenvalue weighted by molar-refractivity contribution is -0.115. The molecule has 0 radical (unpaired) electrons. The summed E-state index contributed by atoms with van der Waals surface area (Å²) in [6.45, 7) is 0. The van der Waals surface area contributed by atoms with Crippen molar-refractivity contribution in [3.63, 3.8) is 0 Å². The highest BCUT2D eigenvalue weighted by molar-refractivity contribution is 5.90. The number of hydrogen-bond acceptors (Lipinski definition) is 3. The molecule has 0 spiro atoms. The van der Waals surface area contributed by atoms with Gasteiger partial charge in [-0.3, -0.25) is 10.1 Å². The van der Waals surface area contributed by atoms with E-state index in [0.29, 0.717) is 12.1 Å². The molecule has 0 aliphatic heterocycles. The lowest BCUT2D eigenvalue weighted by Crippen LogP contribution is -2.14. The number of pyridine rings is 1. The zero-order chi connectivity index (χ0) is 13.9. The molecular formula is C14H15FN4O. The van der Waals surface area contributed by atoms with Gasteiger partial charge in [0.15, 0.2) is 5.65 Å². The van der Waals surface area contributed by atoms with E-state index >= 15 is 0 Å². The molecule has 0 atom stereocenters. The van der Waals surface area contributed by atoms with Crippen LogP contribution < -0.4 is 5.32 Å². The number of aromatic nitrogens is 3. The molecule has 104 valence electrons. The molecule has 0 saturated heterocycles. The largest absolute Gasteiger partial charge is 0.293 e. The van der Waals surface area contributed by atoms with Crippen molar-refractivity contribution in [2.45, 2.75) is 32.1 Å². The Kier molecular flexibility index (Phi) is 3.45. The first-order valence-corrected chi connectivity index (χ1v) is 6.70. The average molecular weight is 274 g/mol. The van der Waals surface area contributed by atoms with Crippen LogP contribution in [0.4, 0.5) is 10.3 Å². The zero-order valence-corrected chi connectivity index (χ0v) is 11.0. The van der Waals surface area contributed by atoms with Gasteiger partial charge in [0.1, 0.15) is 5.82 Å². The van der Waals surface area contributed by atoms with Crippen LogP contribution in [0.3, 0.4) is 0 Å². The number of rotatable bonds is 3. The smallest absolute Gasteiger partial charge is 0.249 e. The van der Waals surface area contributed by atoms with Crippen LogP contribution in [0.25, 0.3) is 5.65 Å². The highest BCUT2D eigenvalue weighted by atomic mass is 19.1. The third-order valence-corrected chi connectivity index (χ3v) is 3.32. The summed E-state index contributed by atoms with van der Waals surface area (Å²) in [5, 5.41) is 6.67. The van der Waals surface area contributed by atoms with Crippen LogP contribution in [0.15, 0.2) is 30.0 Å². The molecule has 0 fully saturated rings. The summed E-state index contributed by atoms with van der Waals surface area (Å²) in [6, 6.07) is 2.82. The fourth-order valence-corrected chi connectivity index (χ4v) is 2.35. The minimum Gasteiger partial charge on any atom is -0.293 e. The average Bonchev–Trinajstić information content (AvgIpc) is 2.80. The van der Waals surface area contributed by atoms with Gasteiger partial charge in [-0.1, -0.05) is 11.6 Å². The van der Waals surface area contributed by atoms with Crippen molar-refractivity contribution in [3.05, 3.63) is 35.8 Å². The molecule has 0 bridgehead atoms. The van der Waals surface area contributed by atoms with Gasteiger partial charge >= 0.3 is 0 Å². The van der Waals surface area contributed by atoms with E-state index in [9.17, 15) is 9.18 Å². The second-order valence-corrected chi connectivity index (χ2v) is 4.92. The first-order valence-electron chi connectivity index (χ1n) is 6.70. The monoisotopic (exact) mass is 274 g/mol. The standard InChI is InChI=1S/C14H15FN4O/c15-11-6-7-12-16-14(18-19(12)9-11)17-13(20)8-10-4-2-1-3-5-10/h4,6-7,9H,1-3,5,8H2,(H,17,18,20). The van der Waals surface area contributed by atoms with Gasteiger partial charge in [0, 0.05) is 6.42 Å². The number of hydrogen-bond donors (Lipinski definition) is 1. The molecule has 2 heterocycles. The summed E-state index contributed by atoms with van der Waals surface area (Å²) in [4.78, 5) is 16.0. The number of nitrogens with zero attached hydrogens (tertiary/aromatic N) is 3. The van der Waals surface area contributed by atoms with Crippen LogP contribution >= 0.6 is 0 Å². The predicted octanol–water partition coefficient (Wildman–Crippen LogP) is 2.70. The fourth-order valence-electron chi connectivity index (χ4n) is 2.35. The van der Waals surface area contributed by atoms with Gasteiger partial charge in [-0.15, -0.1) is 5.10 Å². The maximum atomic E-state index is 13.0. The van der Waals surface area contributed by atoms with Crippen LogP contribution in [0.5, 0.6) is 0 Å². The normalized spacial score (nSPS) is 15.2. The molecule has 6 heteroatoms. The highest BCUT2D eigenvalue weighted by Gasteiger charge is 2.12.